The van der Waals surface area contributed by atoms with E-state index >= 15 is 0 Å². The molecule has 1 aliphatic heterocycles. The molecular formula is C17H17N3. The Bertz CT molecular complexity index is 622. The summed E-state index contributed by atoms with van der Waals surface area (Å²) < 4.78 is 0. The van der Waals surface area contributed by atoms with Gasteiger partial charge in [0.2, 0.25) is 0 Å². The molecule has 1 saturated heterocycles. The van der Waals surface area contributed by atoms with Crippen LogP contribution in [0.2, 0.25) is 0 Å². The molecule has 3 heteroatoms. The van der Waals surface area contributed by atoms with Crippen molar-refractivity contribution in [3.05, 3.63) is 48.0 Å². The summed E-state index contributed by atoms with van der Waals surface area (Å²) in [5.74, 6) is 0.841. The average molecular weight is 263 g/mol. The van der Waals surface area contributed by atoms with Gasteiger partial charge in [-0.15, -0.1) is 0 Å². The van der Waals surface area contributed by atoms with E-state index in [0.29, 0.717) is 5.56 Å². The number of nitrogens with zero attached hydrogens (tertiary/aromatic N) is 3. The van der Waals surface area contributed by atoms with Crippen molar-refractivity contribution >= 4 is 5.82 Å². The molecule has 0 saturated carbocycles. The van der Waals surface area contributed by atoms with Crippen molar-refractivity contribution in [1.82, 2.24) is 4.98 Å². The maximum absolute atomic E-state index is 9.29. The van der Waals surface area contributed by atoms with E-state index in [4.69, 9.17) is 4.98 Å². The summed E-state index contributed by atoms with van der Waals surface area (Å²) in [6.45, 7) is 2.00. The van der Waals surface area contributed by atoms with Crippen LogP contribution >= 0.6 is 0 Å². The number of rotatable bonds is 2. The zero-order valence-electron chi connectivity index (χ0n) is 11.4. The second-order valence-corrected chi connectivity index (χ2v) is 5.09. The van der Waals surface area contributed by atoms with E-state index in [2.05, 4.69) is 11.0 Å². The first kappa shape index (κ1) is 12.7. The summed E-state index contributed by atoms with van der Waals surface area (Å²) in [4.78, 5) is 6.99. The normalized spacial score (nSPS) is 14.8. The predicted molar refractivity (Wildman–Crippen MR) is 80.5 cm³/mol. The van der Waals surface area contributed by atoms with Gasteiger partial charge in [-0.2, -0.15) is 5.26 Å². The van der Waals surface area contributed by atoms with Crippen LogP contribution in [0.5, 0.6) is 0 Å². The summed E-state index contributed by atoms with van der Waals surface area (Å²) in [6, 6.07) is 16.2. The monoisotopic (exact) mass is 263 g/mol. The Morgan fingerprint density at radius 2 is 1.70 bits per heavy atom. The lowest BCUT2D eigenvalue weighted by Gasteiger charge is -2.28. The fourth-order valence-electron chi connectivity index (χ4n) is 2.65. The lowest BCUT2D eigenvalue weighted by atomic mass is 10.1. The average Bonchev–Trinajstić information content (AvgIpc) is 2.56. The molecule has 0 atom stereocenters. The first-order valence-corrected chi connectivity index (χ1v) is 7.10. The minimum atomic E-state index is 0.673. The van der Waals surface area contributed by atoms with Gasteiger partial charge in [0.1, 0.15) is 11.9 Å². The van der Waals surface area contributed by atoms with E-state index in [1.54, 1.807) is 0 Å². The van der Waals surface area contributed by atoms with E-state index in [-0.39, 0.29) is 0 Å². The van der Waals surface area contributed by atoms with Crippen molar-refractivity contribution in [1.29, 1.82) is 5.26 Å². The lowest BCUT2D eigenvalue weighted by Crippen LogP contribution is -2.30. The molecule has 1 aliphatic rings. The van der Waals surface area contributed by atoms with Crippen molar-refractivity contribution in [2.75, 3.05) is 18.0 Å². The van der Waals surface area contributed by atoms with Crippen molar-refractivity contribution in [3.63, 3.8) is 0 Å². The molecular weight excluding hydrogens is 246 g/mol. The van der Waals surface area contributed by atoms with Crippen LogP contribution in [-0.4, -0.2) is 18.1 Å². The van der Waals surface area contributed by atoms with Crippen LogP contribution in [0.15, 0.2) is 42.5 Å². The molecule has 2 heterocycles. The fraction of sp³-hybridized carbons (Fsp3) is 0.294. The molecule has 0 aliphatic carbocycles. The summed E-state index contributed by atoms with van der Waals surface area (Å²) in [7, 11) is 0. The van der Waals surface area contributed by atoms with Crippen LogP contribution in [0.4, 0.5) is 5.82 Å². The molecule has 20 heavy (non-hydrogen) atoms. The van der Waals surface area contributed by atoms with E-state index in [1.165, 1.54) is 19.3 Å². The minimum absolute atomic E-state index is 0.673. The van der Waals surface area contributed by atoms with E-state index in [9.17, 15) is 5.26 Å². The molecule has 3 nitrogen and oxygen atoms in total. The fourth-order valence-corrected chi connectivity index (χ4v) is 2.65. The number of hydrogen-bond donors (Lipinski definition) is 0. The van der Waals surface area contributed by atoms with Crippen molar-refractivity contribution in [3.8, 4) is 17.3 Å². The molecule has 1 aromatic heterocycles. The van der Waals surface area contributed by atoms with Gasteiger partial charge in [-0.25, -0.2) is 4.98 Å². The Labute approximate surface area is 119 Å². The van der Waals surface area contributed by atoms with Gasteiger partial charge in [-0.3, -0.25) is 0 Å². The van der Waals surface area contributed by atoms with Gasteiger partial charge >= 0.3 is 0 Å². The van der Waals surface area contributed by atoms with Crippen LogP contribution in [0.25, 0.3) is 11.3 Å². The van der Waals surface area contributed by atoms with Crippen LogP contribution in [0.3, 0.4) is 0 Å². The zero-order chi connectivity index (χ0) is 13.8. The van der Waals surface area contributed by atoms with Gasteiger partial charge in [0, 0.05) is 18.7 Å². The van der Waals surface area contributed by atoms with Crippen LogP contribution in [0.1, 0.15) is 24.8 Å². The van der Waals surface area contributed by atoms with Gasteiger partial charge in [-0.05, 0) is 31.4 Å². The highest BCUT2D eigenvalue weighted by molar-refractivity contribution is 5.65. The first-order valence-electron chi connectivity index (χ1n) is 7.10. The Morgan fingerprint density at radius 1 is 0.950 bits per heavy atom. The smallest absolute Gasteiger partial charge is 0.147 e. The number of nitriles is 1. The van der Waals surface area contributed by atoms with E-state index in [0.717, 1.165) is 30.2 Å². The molecule has 0 bridgehead atoms. The second kappa shape index (κ2) is 5.75. The highest BCUT2D eigenvalue weighted by atomic mass is 15.2. The lowest BCUT2D eigenvalue weighted by molar-refractivity contribution is 0.573. The minimum Gasteiger partial charge on any atom is -0.356 e. The number of anilines is 1. The standard InChI is InChI=1S/C17H17N3/c18-13-15-9-10-16(14-7-3-1-4-8-14)19-17(15)20-11-5-2-6-12-20/h1,3-4,7-10H,2,5-6,11-12H2. The molecule has 3 rings (SSSR count). The third kappa shape index (κ3) is 2.50. The molecule has 0 N–H and O–H groups in total. The molecule has 1 fully saturated rings. The summed E-state index contributed by atoms with van der Waals surface area (Å²) in [6.07, 6.45) is 3.64. The summed E-state index contributed by atoms with van der Waals surface area (Å²) in [5, 5.41) is 9.29. The third-order valence-corrected chi connectivity index (χ3v) is 3.72. The topological polar surface area (TPSA) is 39.9 Å². The number of pyridine rings is 1. The molecule has 0 unspecified atom stereocenters. The maximum Gasteiger partial charge on any atom is 0.147 e. The number of piperidine rings is 1. The Balaban J connectivity index is 2.01. The first-order chi connectivity index (χ1) is 9.88. The van der Waals surface area contributed by atoms with Crippen molar-refractivity contribution in [2.45, 2.75) is 19.3 Å². The van der Waals surface area contributed by atoms with Crippen LogP contribution < -0.4 is 4.90 Å². The summed E-state index contributed by atoms with van der Waals surface area (Å²) in [5.41, 5.74) is 2.70. The molecule has 0 radical (unpaired) electrons. The van der Waals surface area contributed by atoms with E-state index in [1.807, 2.05) is 42.5 Å². The number of benzene rings is 1. The number of hydrogen-bond acceptors (Lipinski definition) is 3. The van der Waals surface area contributed by atoms with Gasteiger partial charge in [-0.1, -0.05) is 30.3 Å². The van der Waals surface area contributed by atoms with Crippen molar-refractivity contribution < 1.29 is 0 Å². The van der Waals surface area contributed by atoms with Crippen LogP contribution in [-0.2, 0) is 0 Å². The quantitative estimate of drug-likeness (QED) is 0.831. The highest BCUT2D eigenvalue weighted by Gasteiger charge is 2.16. The molecule has 2 aromatic rings. The summed E-state index contributed by atoms with van der Waals surface area (Å²) >= 11 is 0. The Morgan fingerprint density at radius 3 is 2.40 bits per heavy atom. The predicted octanol–water partition coefficient (Wildman–Crippen LogP) is 3.61. The van der Waals surface area contributed by atoms with Crippen LogP contribution in [0, 0.1) is 11.3 Å². The Kier molecular flexibility index (Phi) is 3.64. The molecule has 0 amide bonds. The van der Waals surface area contributed by atoms with Gasteiger partial charge in [0.05, 0.1) is 11.3 Å². The molecule has 0 spiro atoms. The van der Waals surface area contributed by atoms with Gasteiger partial charge in [0.25, 0.3) is 0 Å². The SMILES string of the molecule is N#Cc1ccc(-c2ccccc2)nc1N1CCCCC1. The van der Waals surface area contributed by atoms with Crippen molar-refractivity contribution in [2.24, 2.45) is 0 Å². The maximum atomic E-state index is 9.29. The number of aromatic nitrogens is 1. The second-order valence-electron chi connectivity index (χ2n) is 5.09. The van der Waals surface area contributed by atoms with Gasteiger partial charge < -0.3 is 4.90 Å². The molecule has 1 aromatic carbocycles. The molecule has 100 valence electrons. The Hall–Kier alpha value is -2.34. The third-order valence-electron chi connectivity index (χ3n) is 3.72. The van der Waals surface area contributed by atoms with Gasteiger partial charge in [0.15, 0.2) is 0 Å². The highest BCUT2D eigenvalue weighted by Crippen LogP contribution is 2.26. The largest absolute Gasteiger partial charge is 0.356 e. The zero-order valence-corrected chi connectivity index (χ0v) is 11.4. The van der Waals surface area contributed by atoms with E-state index < -0.39 is 0 Å².